The van der Waals surface area contributed by atoms with Crippen molar-refractivity contribution in [1.82, 2.24) is 10.2 Å². The van der Waals surface area contributed by atoms with Crippen LogP contribution in [0.1, 0.15) is 12.8 Å². The van der Waals surface area contributed by atoms with E-state index < -0.39 is 0 Å². The molecule has 1 heterocycles. The van der Waals surface area contributed by atoms with E-state index in [0.717, 1.165) is 19.4 Å². The van der Waals surface area contributed by atoms with Crippen LogP contribution in [-0.2, 0) is 4.74 Å². The van der Waals surface area contributed by atoms with Crippen molar-refractivity contribution in [2.75, 3.05) is 38.7 Å². The molecule has 5 nitrogen and oxygen atoms in total. The summed E-state index contributed by atoms with van der Waals surface area (Å²) in [6.45, 7) is 2.67. The van der Waals surface area contributed by atoms with Gasteiger partial charge in [-0.15, -0.1) is 0 Å². The fourth-order valence-corrected chi connectivity index (χ4v) is 2.39. The summed E-state index contributed by atoms with van der Waals surface area (Å²) in [7, 11) is 1.61. The summed E-state index contributed by atoms with van der Waals surface area (Å²) in [6, 6.07) is 5.90. The SMILES string of the molecule is COCCN(CC1CCCN1)C(=O)Nc1ccc(F)cc1. The van der Waals surface area contributed by atoms with Crippen LogP contribution in [0.3, 0.4) is 0 Å². The number of anilines is 1. The number of carbonyl (C=O) groups excluding carboxylic acids is 1. The van der Waals surface area contributed by atoms with Gasteiger partial charge in [0.15, 0.2) is 0 Å². The highest BCUT2D eigenvalue weighted by Gasteiger charge is 2.21. The number of hydrogen-bond acceptors (Lipinski definition) is 3. The third-order valence-electron chi connectivity index (χ3n) is 3.55. The molecule has 1 unspecified atom stereocenters. The van der Waals surface area contributed by atoms with Gasteiger partial charge in [0, 0.05) is 31.9 Å². The molecule has 2 amide bonds. The van der Waals surface area contributed by atoms with Crippen molar-refractivity contribution in [2.24, 2.45) is 0 Å². The smallest absolute Gasteiger partial charge is 0.321 e. The number of halogens is 1. The van der Waals surface area contributed by atoms with Gasteiger partial charge >= 0.3 is 6.03 Å². The predicted octanol–water partition coefficient (Wildman–Crippen LogP) is 2.06. The third-order valence-corrected chi connectivity index (χ3v) is 3.55. The number of benzene rings is 1. The molecule has 21 heavy (non-hydrogen) atoms. The maximum Gasteiger partial charge on any atom is 0.321 e. The van der Waals surface area contributed by atoms with Crippen LogP contribution in [-0.4, -0.2) is 50.3 Å². The Labute approximate surface area is 124 Å². The second kappa shape index (κ2) is 7.95. The fraction of sp³-hybridized carbons (Fsp3) is 0.533. The first-order valence-corrected chi connectivity index (χ1v) is 7.23. The van der Waals surface area contributed by atoms with Crippen LogP contribution in [0.4, 0.5) is 14.9 Å². The Morgan fingerprint density at radius 2 is 2.24 bits per heavy atom. The molecule has 0 bridgehead atoms. The van der Waals surface area contributed by atoms with Crippen LogP contribution in [0.15, 0.2) is 24.3 Å². The van der Waals surface area contributed by atoms with Gasteiger partial charge in [-0.3, -0.25) is 0 Å². The number of ether oxygens (including phenoxy) is 1. The molecule has 0 saturated carbocycles. The Kier molecular flexibility index (Phi) is 5.95. The average molecular weight is 295 g/mol. The summed E-state index contributed by atoms with van der Waals surface area (Å²) < 4.78 is 17.9. The van der Waals surface area contributed by atoms with Crippen LogP contribution in [0, 0.1) is 5.82 Å². The number of nitrogens with one attached hydrogen (secondary N) is 2. The molecule has 0 spiro atoms. The largest absolute Gasteiger partial charge is 0.383 e. The zero-order valence-electron chi connectivity index (χ0n) is 12.3. The Balaban J connectivity index is 1.93. The van der Waals surface area contributed by atoms with Crippen LogP contribution in [0.25, 0.3) is 0 Å². The Morgan fingerprint density at radius 1 is 1.48 bits per heavy atom. The van der Waals surface area contributed by atoms with Crippen molar-refractivity contribution in [3.63, 3.8) is 0 Å². The zero-order chi connectivity index (χ0) is 15.1. The van der Waals surface area contributed by atoms with E-state index in [2.05, 4.69) is 10.6 Å². The van der Waals surface area contributed by atoms with E-state index in [0.29, 0.717) is 31.4 Å². The molecular formula is C15H22FN3O2. The first-order valence-electron chi connectivity index (χ1n) is 7.23. The number of methoxy groups -OCH3 is 1. The van der Waals surface area contributed by atoms with Crippen molar-refractivity contribution in [1.29, 1.82) is 0 Å². The summed E-state index contributed by atoms with van der Waals surface area (Å²) in [5.74, 6) is -0.320. The summed E-state index contributed by atoms with van der Waals surface area (Å²) in [5, 5.41) is 6.17. The van der Waals surface area contributed by atoms with E-state index >= 15 is 0 Å². The molecule has 2 rings (SSSR count). The maximum atomic E-state index is 12.9. The number of carbonyl (C=O) groups is 1. The topological polar surface area (TPSA) is 53.6 Å². The highest BCUT2D eigenvalue weighted by atomic mass is 19.1. The van der Waals surface area contributed by atoms with E-state index in [-0.39, 0.29) is 11.8 Å². The highest BCUT2D eigenvalue weighted by Crippen LogP contribution is 2.11. The molecule has 116 valence electrons. The van der Waals surface area contributed by atoms with Crippen molar-refractivity contribution in [3.05, 3.63) is 30.1 Å². The summed E-state index contributed by atoms with van der Waals surface area (Å²) in [6.07, 6.45) is 2.22. The average Bonchev–Trinajstić information content (AvgIpc) is 2.98. The lowest BCUT2D eigenvalue weighted by molar-refractivity contribution is 0.151. The molecule has 1 atom stereocenters. The first-order chi connectivity index (χ1) is 10.2. The molecule has 1 aromatic rings. The number of rotatable bonds is 6. The summed E-state index contributed by atoms with van der Waals surface area (Å²) >= 11 is 0. The molecule has 0 aromatic heterocycles. The van der Waals surface area contributed by atoms with E-state index in [1.54, 1.807) is 24.1 Å². The number of urea groups is 1. The van der Waals surface area contributed by atoms with Gasteiger partial charge in [-0.05, 0) is 43.7 Å². The lowest BCUT2D eigenvalue weighted by atomic mass is 10.2. The van der Waals surface area contributed by atoms with Gasteiger partial charge < -0.3 is 20.3 Å². The second-order valence-corrected chi connectivity index (χ2v) is 5.17. The van der Waals surface area contributed by atoms with Gasteiger partial charge in [-0.1, -0.05) is 0 Å². The molecule has 0 radical (unpaired) electrons. The van der Waals surface area contributed by atoms with Gasteiger partial charge in [0.25, 0.3) is 0 Å². The van der Waals surface area contributed by atoms with E-state index in [9.17, 15) is 9.18 Å². The molecule has 1 aliphatic rings. The fourth-order valence-electron chi connectivity index (χ4n) is 2.39. The lowest BCUT2D eigenvalue weighted by Crippen LogP contribution is -2.44. The van der Waals surface area contributed by atoms with Crippen molar-refractivity contribution in [2.45, 2.75) is 18.9 Å². The Bertz CT molecular complexity index is 447. The zero-order valence-corrected chi connectivity index (χ0v) is 12.3. The minimum absolute atomic E-state index is 0.188. The number of amides is 2. The highest BCUT2D eigenvalue weighted by molar-refractivity contribution is 5.89. The van der Waals surface area contributed by atoms with Crippen molar-refractivity contribution in [3.8, 4) is 0 Å². The third kappa shape index (κ3) is 4.99. The molecule has 6 heteroatoms. The minimum atomic E-state index is -0.320. The quantitative estimate of drug-likeness (QED) is 0.844. The summed E-state index contributed by atoms with van der Waals surface area (Å²) in [4.78, 5) is 14.1. The van der Waals surface area contributed by atoms with Gasteiger partial charge in [0.05, 0.1) is 6.61 Å². The Hall–Kier alpha value is -1.66. The van der Waals surface area contributed by atoms with E-state index in [4.69, 9.17) is 4.74 Å². The number of nitrogens with zero attached hydrogens (tertiary/aromatic N) is 1. The molecule has 2 N–H and O–H groups in total. The number of hydrogen-bond donors (Lipinski definition) is 2. The van der Waals surface area contributed by atoms with E-state index in [1.807, 2.05) is 0 Å². The molecule has 1 aliphatic heterocycles. The van der Waals surface area contributed by atoms with Crippen molar-refractivity contribution < 1.29 is 13.9 Å². The van der Waals surface area contributed by atoms with Crippen LogP contribution in [0.5, 0.6) is 0 Å². The second-order valence-electron chi connectivity index (χ2n) is 5.17. The molecule has 1 saturated heterocycles. The van der Waals surface area contributed by atoms with Crippen LogP contribution < -0.4 is 10.6 Å². The standard InChI is InChI=1S/C15H22FN3O2/c1-21-10-9-19(11-14-3-2-8-17-14)15(20)18-13-6-4-12(16)5-7-13/h4-7,14,17H,2-3,8-11H2,1H3,(H,18,20). The molecular weight excluding hydrogens is 273 g/mol. The maximum absolute atomic E-state index is 12.9. The summed E-state index contributed by atoms with van der Waals surface area (Å²) in [5.41, 5.74) is 0.586. The minimum Gasteiger partial charge on any atom is -0.383 e. The molecule has 1 fully saturated rings. The normalized spacial score (nSPS) is 17.7. The van der Waals surface area contributed by atoms with Crippen LogP contribution >= 0.6 is 0 Å². The van der Waals surface area contributed by atoms with E-state index in [1.165, 1.54) is 12.1 Å². The molecule has 1 aromatic carbocycles. The van der Waals surface area contributed by atoms with Gasteiger partial charge in [0.2, 0.25) is 0 Å². The van der Waals surface area contributed by atoms with Gasteiger partial charge in [0.1, 0.15) is 5.82 Å². The van der Waals surface area contributed by atoms with Crippen molar-refractivity contribution >= 4 is 11.7 Å². The predicted molar refractivity (Wildman–Crippen MR) is 79.9 cm³/mol. The Morgan fingerprint density at radius 3 is 2.86 bits per heavy atom. The van der Waals surface area contributed by atoms with Gasteiger partial charge in [-0.2, -0.15) is 0 Å². The monoisotopic (exact) mass is 295 g/mol. The van der Waals surface area contributed by atoms with Gasteiger partial charge in [-0.25, -0.2) is 9.18 Å². The van der Waals surface area contributed by atoms with Crippen LogP contribution in [0.2, 0.25) is 0 Å². The molecule has 0 aliphatic carbocycles. The lowest BCUT2D eigenvalue weighted by Gasteiger charge is -2.26. The first kappa shape index (κ1) is 15.7.